The minimum atomic E-state index is -4.74. The maximum Gasteiger partial charge on any atom is 0.573 e. The van der Waals surface area contributed by atoms with E-state index >= 15 is 0 Å². The van der Waals surface area contributed by atoms with Crippen molar-refractivity contribution < 1.29 is 22.7 Å². The van der Waals surface area contributed by atoms with Gasteiger partial charge in [-0.2, -0.15) is 0 Å². The molecule has 2 aromatic carbocycles. The summed E-state index contributed by atoms with van der Waals surface area (Å²) in [5.74, 6) is 0.728. The van der Waals surface area contributed by atoms with E-state index in [9.17, 15) is 18.0 Å². The molecule has 0 saturated heterocycles. The fourth-order valence-electron chi connectivity index (χ4n) is 5.30. The maximum absolute atomic E-state index is 12.6. The number of ether oxygens (including phenoxy) is 1. The monoisotopic (exact) mass is 488 g/mol. The molecule has 9 heteroatoms. The Kier molecular flexibility index (Phi) is 6.46. The summed E-state index contributed by atoms with van der Waals surface area (Å²) < 4.78 is 43.7. The van der Waals surface area contributed by atoms with Crippen molar-refractivity contribution in [2.45, 2.75) is 52.4 Å². The Hall–Kier alpha value is -3.23. The summed E-state index contributed by atoms with van der Waals surface area (Å²) in [6, 6.07) is 11.2. The molecule has 0 bridgehead atoms. The summed E-state index contributed by atoms with van der Waals surface area (Å²) in [5, 5.41) is 3.28. The number of rotatable bonds is 5. The SMILES string of the molecule is CC1C[C@@H](n2c(Nc3ccc(OC(F)(F)F)cc3)nc3ccc(C(=O)N(C)C)cc32)CC(C)(C)C1. The highest BCUT2D eigenvalue weighted by Gasteiger charge is 2.35. The molecule has 1 amide bonds. The van der Waals surface area contributed by atoms with E-state index in [0.717, 1.165) is 30.3 Å². The molecule has 188 valence electrons. The van der Waals surface area contributed by atoms with Crippen LogP contribution in [0.25, 0.3) is 11.0 Å². The average Bonchev–Trinajstić information content (AvgIpc) is 3.09. The second-order valence-electron chi connectivity index (χ2n) is 10.5. The van der Waals surface area contributed by atoms with Crippen LogP contribution in [0.4, 0.5) is 24.8 Å². The number of nitrogens with zero attached hydrogens (tertiary/aromatic N) is 3. The second kappa shape index (κ2) is 9.09. The fourth-order valence-corrected chi connectivity index (χ4v) is 5.30. The van der Waals surface area contributed by atoms with Crippen molar-refractivity contribution in [1.82, 2.24) is 14.5 Å². The first-order chi connectivity index (χ1) is 16.3. The lowest BCUT2D eigenvalue weighted by Gasteiger charge is -2.40. The number of hydrogen-bond acceptors (Lipinski definition) is 4. The Morgan fingerprint density at radius 2 is 1.83 bits per heavy atom. The van der Waals surface area contributed by atoms with Crippen molar-refractivity contribution >= 4 is 28.6 Å². The molecule has 1 aliphatic carbocycles. The second-order valence-corrected chi connectivity index (χ2v) is 10.5. The molecule has 1 aromatic heterocycles. The summed E-state index contributed by atoms with van der Waals surface area (Å²) in [7, 11) is 3.43. The van der Waals surface area contributed by atoms with E-state index < -0.39 is 6.36 Å². The van der Waals surface area contributed by atoms with Gasteiger partial charge in [-0.25, -0.2) is 4.98 Å². The quantitative estimate of drug-likeness (QED) is 0.431. The number of nitrogens with one attached hydrogen (secondary N) is 1. The van der Waals surface area contributed by atoms with E-state index in [2.05, 4.69) is 35.4 Å². The van der Waals surface area contributed by atoms with Crippen molar-refractivity contribution in [1.29, 1.82) is 0 Å². The van der Waals surface area contributed by atoms with Gasteiger partial charge in [-0.05, 0) is 73.1 Å². The summed E-state index contributed by atoms with van der Waals surface area (Å²) in [6.07, 6.45) is -1.70. The lowest BCUT2D eigenvalue weighted by Crippen LogP contribution is -2.30. The van der Waals surface area contributed by atoms with E-state index in [4.69, 9.17) is 4.98 Å². The van der Waals surface area contributed by atoms with E-state index in [1.165, 1.54) is 29.2 Å². The van der Waals surface area contributed by atoms with E-state index in [1.807, 2.05) is 12.1 Å². The molecule has 0 aliphatic heterocycles. The number of carbonyl (C=O) groups is 1. The predicted molar refractivity (Wildman–Crippen MR) is 130 cm³/mol. The number of benzene rings is 2. The summed E-state index contributed by atoms with van der Waals surface area (Å²) in [5.41, 5.74) is 2.91. The van der Waals surface area contributed by atoms with Gasteiger partial charge >= 0.3 is 6.36 Å². The van der Waals surface area contributed by atoms with Crippen molar-refractivity contribution in [3.63, 3.8) is 0 Å². The van der Waals surface area contributed by atoms with Crippen LogP contribution >= 0.6 is 0 Å². The molecule has 0 spiro atoms. The standard InChI is InChI=1S/C26H31F3N4O2/c1-16-12-19(15-25(2,3)14-16)33-22-13-17(23(34)32(4)5)6-11-21(22)31-24(33)30-18-7-9-20(10-8-18)35-26(27,28)29/h6-11,13,16,19H,12,14-15H2,1-5H3,(H,30,31)/t16?,19-/m1/s1. The van der Waals surface area contributed by atoms with Gasteiger partial charge in [0.15, 0.2) is 0 Å². The van der Waals surface area contributed by atoms with Gasteiger partial charge < -0.3 is 19.5 Å². The normalized spacial score (nSPS) is 20.0. The number of fused-ring (bicyclic) bond motifs is 1. The van der Waals surface area contributed by atoms with Gasteiger partial charge in [0.05, 0.1) is 11.0 Å². The minimum absolute atomic E-state index is 0.0910. The number of alkyl halides is 3. The molecule has 1 saturated carbocycles. The van der Waals surface area contributed by atoms with Crippen LogP contribution in [0.1, 0.15) is 56.4 Å². The smallest absolute Gasteiger partial charge is 0.406 e. The molecule has 35 heavy (non-hydrogen) atoms. The highest BCUT2D eigenvalue weighted by molar-refractivity contribution is 5.97. The molecular formula is C26H31F3N4O2. The number of halogens is 3. The van der Waals surface area contributed by atoms with Gasteiger partial charge in [-0.15, -0.1) is 13.2 Å². The molecule has 4 rings (SSSR count). The summed E-state index contributed by atoms with van der Waals surface area (Å²) >= 11 is 0. The van der Waals surface area contributed by atoms with Gasteiger partial charge in [0.25, 0.3) is 5.91 Å². The zero-order valence-electron chi connectivity index (χ0n) is 20.6. The highest BCUT2D eigenvalue weighted by Crippen LogP contribution is 2.46. The molecular weight excluding hydrogens is 457 g/mol. The molecule has 0 radical (unpaired) electrons. The van der Waals surface area contributed by atoms with Crippen LogP contribution in [-0.4, -0.2) is 40.8 Å². The highest BCUT2D eigenvalue weighted by atomic mass is 19.4. The number of hydrogen-bond donors (Lipinski definition) is 1. The number of imidazole rings is 1. The number of anilines is 2. The van der Waals surface area contributed by atoms with Gasteiger partial charge in [-0.1, -0.05) is 20.8 Å². The molecule has 6 nitrogen and oxygen atoms in total. The number of amides is 1. The Morgan fingerprint density at radius 3 is 2.43 bits per heavy atom. The largest absolute Gasteiger partial charge is 0.573 e. The average molecular weight is 489 g/mol. The summed E-state index contributed by atoms with van der Waals surface area (Å²) in [4.78, 5) is 19.0. The molecule has 1 N–H and O–H groups in total. The Morgan fingerprint density at radius 1 is 1.14 bits per heavy atom. The lowest BCUT2D eigenvalue weighted by molar-refractivity contribution is -0.274. The van der Waals surface area contributed by atoms with Crippen molar-refractivity contribution in [3.8, 4) is 5.75 Å². The maximum atomic E-state index is 12.6. The fraction of sp³-hybridized carbons (Fsp3) is 0.462. The molecule has 1 unspecified atom stereocenters. The van der Waals surface area contributed by atoms with Gasteiger partial charge in [0, 0.05) is 31.4 Å². The van der Waals surface area contributed by atoms with Crippen molar-refractivity contribution in [2.24, 2.45) is 11.3 Å². The lowest BCUT2D eigenvalue weighted by atomic mass is 9.70. The number of aromatic nitrogens is 2. The third-order valence-corrected chi connectivity index (χ3v) is 6.42. The van der Waals surface area contributed by atoms with Gasteiger partial charge in [0.2, 0.25) is 5.95 Å². The Bertz CT molecular complexity index is 1220. The first-order valence-electron chi connectivity index (χ1n) is 11.7. The van der Waals surface area contributed by atoms with Crippen LogP contribution in [0.2, 0.25) is 0 Å². The van der Waals surface area contributed by atoms with Crippen molar-refractivity contribution in [3.05, 3.63) is 48.0 Å². The third kappa shape index (κ3) is 5.71. The summed E-state index contributed by atoms with van der Waals surface area (Å²) in [6.45, 7) is 6.78. The molecule has 1 heterocycles. The van der Waals surface area contributed by atoms with Crippen LogP contribution in [0.15, 0.2) is 42.5 Å². The predicted octanol–water partition coefficient (Wildman–Crippen LogP) is 6.77. The molecule has 1 fully saturated rings. The molecule has 1 aliphatic rings. The zero-order chi connectivity index (χ0) is 25.5. The first kappa shape index (κ1) is 24.9. The van der Waals surface area contributed by atoms with Crippen molar-refractivity contribution in [2.75, 3.05) is 19.4 Å². The Labute approximate surface area is 203 Å². The molecule has 2 atom stereocenters. The van der Waals surface area contributed by atoms with Gasteiger partial charge in [0.1, 0.15) is 5.75 Å². The van der Waals surface area contributed by atoms with Gasteiger partial charge in [-0.3, -0.25) is 4.79 Å². The van der Waals surface area contributed by atoms with Crippen LogP contribution in [0.3, 0.4) is 0 Å². The van der Waals surface area contributed by atoms with E-state index in [1.54, 1.807) is 20.2 Å². The van der Waals surface area contributed by atoms with E-state index in [-0.39, 0.29) is 23.1 Å². The minimum Gasteiger partial charge on any atom is -0.406 e. The van der Waals surface area contributed by atoms with Crippen LogP contribution in [0, 0.1) is 11.3 Å². The first-order valence-corrected chi connectivity index (χ1v) is 11.7. The van der Waals surface area contributed by atoms with Crippen LogP contribution in [-0.2, 0) is 0 Å². The number of carbonyl (C=O) groups excluding carboxylic acids is 1. The third-order valence-electron chi connectivity index (χ3n) is 6.42. The van der Waals surface area contributed by atoms with Crippen LogP contribution < -0.4 is 10.1 Å². The topological polar surface area (TPSA) is 59.4 Å². The molecule has 3 aromatic rings. The Balaban J connectivity index is 1.76. The van der Waals surface area contributed by atoms with Crippen LogP contribution in [0.5, 0.6) is 5.75 Å². The van der Waals surface area contributed by atoms with E-state index in [0.29, 0.717) is 23.1 Å². The zero-order valence-corrected chi connectivity index (χ0v) is 20.6.